The van der Waals surface area contributed by atoms with Gasteiger partial charge in [-0.2, -0.15) is 0 Å². The number of hydrogen-bond acceptors (Lipinski definition) is 6. The number of hydrogen-bond donors (Lipinski definition) is 4. The quantitative estimate of drug-likeness (QED) is 0.234. The van der Waals surface area contributed by atoms with Crippen LogP contribution in [-0.2, 0) is 16.6 Å². The summed E-state index contributed by atoms with van der Waals surface area (Å²) >= 11 is 0. The summed E-state index contributed by atoms with van der Waals surface area (Å²) < 4.78 is 29.8. The van der Waals surface area contributed by atoms with Gasteiger partial charge in [0, 0.05) is 42.1 Å². The van der Waals surface area contributed by atoms with Crippen LogP contribution in [0.3, 0.4) is 0 Å². The molecule has 0 saturated heterocycles. The first kappa shape index (κ1) is 26.3. The first-order valence-corrected chi connectivity index (χ1v) is 13.3. The Balaban J connectivity index is 1.35. The fraction of sp³-hybridized carbons (Fsp3) is 0.259. The van der Waals surface area contributed by atoms with Crippen molar-refractivity contribution in [2.75, 3.05) is 11.3 Å². The van der Waals surface area contributed by atoms with E-state index in [1.54, 1.807) is 48.5 Å². The van der Waals surface area contributed by atoms with Crippen molar-refractivity contribution in [3.63, 3.8) is 0 Å². The molecule has 10 heteroatoms. The fourth-order valence-corrected chi connectivity index (χ4v) is 5.05. The summed E-state index contributed by atoms with van der Waals surface area (Å²) in [6.45, 7) is 4.99. The Morgan fingerprint density at radius 3 is 2.57 bits per heavy atom. The van der Waals surface area contributed by atoms with Gasteiger partial charge in [-0.05, 0) is 62.2 Å². The Morgan fingerprint density at radius 1 is 1.08 bits per heavy atom. The van der Waals surface area contributed by atoms with Gasteiger partial charge < -0.3 is 20.1 Å². The second-order valence-electron chi connectivity index (χ2n) is 9.53. The van der Waals surface area contributed by atoms with Crippen LogP contribution >= 0.6 is 0 Å². The predicted octanol–water partition coefficient (Wildman–Crippen LogP) is 4.03. The number of aromatic nitrogens is 2. The van der Waals surface area contributed by atoms with Gasteiger partial charge in [0.05, 0.1) is 16.6 Å². The number of aromatic carboxylic acids is 1. The van der Waals surface area contributed by atoms with Gasteiger partial charge >= 0.3 is 5.97 Å². The van der Waals surface area contributed by atoms with Crippen molar-refractivity contribution in [3.05, 3.63) is 90.3 Å². The number of sulfonamides is 1. The van der Waals surface area contributed by atoms with E-state index >= 15 is 0 Å². The third kappa shape index (κ3) is 6.53. The lowest BCUT2D eigenvalue weighted by Crippen LogP contribution is -2.42. The lowest BCUT2D eigenvalue weighted by atomic mass is 9.99. The molecular formula is C27H30N4O5S. The molecule has 4 aromatic rings. The topological polar surface area (TPSA) is 134 Å². The van der Waals surface area contributed by atoms with Gasteiger partial charge in [0.1, 0.15) is 5.65 Å². The van der Waals surface area contributed by atoms with Crippen LogP contribution in [0.2, 0.25) is 0 Å². The number of benzene rings is 2. The number of anilines is 1. The fourth-order valence-electron chi connectivity index (χ4n) is 3.98. The molecule has 9 nitrogen and oxygen atoms in total. The Labute approximate surface area is 215 Å². The molecule has 0 amide bonds. The maximum atomic E-state index is 12.6. The highest BCUT2D eigenvalue weighted by atomic mass is 32.2. The Hall–Kier alpha value is -3.73. The number of aliphatic hydroxyl groups excluding tert-OH is 1. The molecule has 0 aliphatic rings. The van der Waals surface area contributed by atoms with Crippen molar-refractivity contribution < 1.29 is 23.4 Å². The number of carboxylic acids is 1. The zero-order valence-electron chi connectivity index (χ0n) is 20.6. The van der Waals surface area contributed by atoms with Crippen molar-refractivity contribution in [3.8, 4) is 0 Å². The van der Waals surface area contributed by atoms with Gasteiger partial charge in [0.2, 0.25) is 0 Å². The number of pyridine rings is 1. The van der Waals surface area contributed by atoms with E-state index in [2.05, 4.69) is 15.0 Å². The van der Waals surface area contributed by atoms with Crippen molar-refractivity contribution in [1.29, 1.82) is 0 Å². The van der Waals surface area contributed by atoms with Crippen LogP contribution in [0, 0.1) is 0 Å². The van der Waals surface area contributed by atoms with Gasteiger partial charge in [-0.15, -0.1) is 0 Å². The Kier molecular flexibility index (Phi) is 7.63. The van der Waals surface area contributed by atoms with Crippen molar-refractivity contribution >= 4 is 32.7 Å². The van der Waals surface area contributed by atoms with E-state index in [0.29, 0.717) is 17.8 Å². The zero-order chi connectivity index (χ0) is 26.6. The number of carbonyl (C=O) groups is 1. The number of nitrogens with zero attached hydrogens (tertiary/aromatic N) is 2. The van der Waals surface area contributed by atoms with E-state index in [9.17, 15) is 18.3 Å². The first-order valence-electron chi connectivity index (χ1n) is 11.8. The minimum absolute atomic E-state index is 0.151. The normalized spacial score (nSPS) is 12.9. The minimum Gasteiger partial charge on any atom is -0.478 e. The monoisotopic (exact) mass is 522 g/mol. The van der Waals surface area contributed by atoms with Crippen molar-refractivity contribution in [2.45, 2.75) is 43.4 Å². The molecule has 4 rings (SSSR count). The molecule has 194 valence electrons. The number of nitrogens with one attached hydrogen (secondary N) is 2. The number of fused-ring (bicyclic) bond motifs is 1. The molecule has 0 unspecified atom stereocenters. The average molecular weight is 523 g/mol. The summed E-state index contributed by atoms with van der Waals surface area (Å²) in [6.07, 6.45) is 3.12. The molecular weight excluding hydrogens is 492 g/mol. The van der Waals surface area contributed by atoms with Gasteiger partial charge in [-0.1, -0.05) is 30.3 Å². The summed E-state index contributed by atoms with van der Waals surface area (Å²) in [6, 6.07) is 18.3. The molecule has 1 atom stereocenters. The molecule has 4 N–H and O–H groups in total. The van der Waals surface area contributed by atoms with Crippen LogP contribution < -0.4 is 10.0 Å². The van der Waals surface area contributed by atoms with Crippen LogP contribution in [0.5, 0.6) is 0 Å². The van der Waals surface area contributed by atoms with E-state index in [1.807, 2.05) is 30.7 Å². The second-order valence-corrected chi connectivity index (χ2v) is 11.2. The van der Waals surface area contributed by atoms with Gasteiger partial charge in [-0.25, -0.2) is 18.2 Å². The smallest absolute Gasteiger partial charge is 0.337 e. The highest BCUT2D eigenvalue weighted by molar-refractivity contribution is 7.92. The SMILES string of the molecule is CC(C)(CCn1ccc2cc(C(=O)O)cnc21)NC[C@@H](O)c1cccc(NS(=O)(=O)c2ccccc2)c1. The van der Waals surface area contributed by atoms with E-state index < -0.39 is 22.1 Å². The molecule has 0 spiro atoms. The van der Waals surface area contributed by atoms with Gasteiger partial charge in [0.25, 0.3) is 10.0 Å². The minimum atomic E-state index is -3.73. The van der Waals surface area contributed by atoms with E-state index in [1.165, 1.54) is 18.3 Å². The summed E-state index contributed by atoms with van der Waals surface area (Å²) in [7, 11) is -3.73. The van der Waals surface area contributed by atoms with Gasteiger partial charge in [0.15, 0.2) is 0 Å². The third-order valence-electron chi connectivity index (χ3n) is 6.18. The molecule has 2 aromatic carbocycles. The standard InChI is InChI=1S/C27H30N4O5S/c1-27(2,12-14-31-13-11-20-15-21(26(33)34)17-28-25(20)31)29-18-24(32)19-7-6-8-22(16-19)30-37(35,36)23-9-4-3-5-10-23/h3-11,13,15-17,24,29-30,32H,12,14,18H2,1-2H3,(H,33,34)/t24-/m1/s1. The molecule has 0 aliphatic heterocycles. The summed E-state index contributed by atoms with van der Waals surface area (Å²) in [4.78, 5) is 15.6. The average Bonchev–Trinajstić information content (AvgIpc) is 3.29. The highest BCUT2D eigenvalue weighted by Gasteiger charge is 2.21. The van der Waals surface area contributed by atoms with E-state index in [4.69, 9.17) is 5.11 Å². The van der Waals surface area contributed by atoms with Crippen molar-refractivity contribution in [2.24, 2.45) is 0 Å². The molecule has 37 heavy (non-hydrogen) atoms. The Morgan fingerprint density at radius 2 is 1.84 bits per heavy atom. The number of β-amino-alcohol motifs (C(OH)–C–C–N with tert-alkyl or cyclic N) is 1. The third-order valence-corrected chi connectivity index (χ3v) is 7.57. The zero-order valence-corrected chi connectivity index (χ0v) is 21.4. The molecule has 0 aliphatic carbocycles. The maximum absolute atomic E-state index is 12.6. The molecule has 0 saturated carbocycles. The van der Waals surface area contributed by atoms with Crippen LogP contribution in [0.1, 0.15) is 42.3 Å². The Bertz CT molecular complexity index is 1500. The predicted molar refractivity (Wildman–Crippen MR) is 142 cm³/mol. The van der Waals surface area contributed by atoms with Crippen molar-refractivity contribution in [1.82, 2.24) is 14.9 Å². The number of rotatable bonds is 11. The summed E-state index contributed by atoms with van der Waals surface area (Å²) in [5.41, 5.74) is 1.50. The van der Waals surface area contributed by atoms with Crippen LogP contribution in [0.25, 0.3) is 11.0 Å². The maximum Gasteiger partial charge on any atom is 0.337 e. The number of aryl methyl sites for hydroxylation is 1. The van der Waals surface area contributed by atoms with E-state index in [-0.39, 0.29) is 22.5 Å². The molecule has 0 radical (unpaired) electrons. The second kappa shape index (κ2) is 10.7. The number of carboxylic acid groups (broad SMARTS) is 1. The summed E-state index contributed by atoms with van der Waals surface area (Å²) in [5, 5.41) is 24.1. The van der Waals surface area contributed by atoms with Gasteiger partial charge in [-0.3, -0.25) is 4.72 Å². The van der Waals surface area contributed by atoms with Crippen LogP contribution in [0.4, 0.5) is 5.69 Å². The lowest BCUT2D eigenvalue weighted by Gasteiger charge is -2.28. The highest BCUT2D eigenvalue weighted by Crippen LogP contribution is 2.22. The first-order chi connectivity index (χ1) is 17.5. The number of aliphatic hydroxyl groups is 1. The molecule has 2 heterocycles. The summed E-state index contributed by atoms with van der Waals surface area (Å²) in [5.74, 6) is -1.01. The van der Waals surface area contributed by atoms with E-state index in [0.717, 1.165) is 17.5 Å². The lowest BCUT2D eigenvalue weighted by molar-refractivity contribution is 0.0696. The largest absolute Gasteiger partial charge is 0.478 e. The van der Waals surface area contributed by atoms with Crippen LogP contribution in [-0.4, -0.2) is 46.2 Å². The molecule has 2 aromatic heterocycles. The van der Waals surface area contributed by atoms with Crippen LogP contribution in [0.15, 0.2) is 84.0 Å². The molecule has 0 bridgehead atoms. The molecule has 0 fully saturated rings.